The van der Waals surface area contributed by atoms with E-state index in [1.54, 1.807) is 0 Å². The Bertz CT molecular complexity index is 324. The first-order chi connectivity index (χ1) is 7.42. The molecular formula is C12H18N2O. The summed E-state index contributed by atoms with van der Waals surface area (Å²) in [5.41, 5.74) is 1.14. The summed E-state index contributed by atoms with van der Waals surface area (Å²) in [6, 6.07) is 0.621. The molecule has 2 aliphatic rings. The predicted octanol–water partition coefficient (Wildman–Crippen LogP) is 2.24. The largest absolute Gasteiger partial charge is 0.448 e. The number of rotatable bonds is 3. The second-order valence-corrected chi connectivity index (χ2v) is 4.80. The summed E-state index contributed by atoms with van der Waals surface area (Å²) in [6.07, 6.45) is 9.38. The third kappa shape index (κ3) is 2.23. The van der Waals surface area contributed by atoms with E-state index in [4.69, 9.17) is 4.42 Å². The van der Waals surface area contributed by atoms with Crippen LogP contribution >= 0.6 is 0 Å². The Morgan fingerprint density at radius 3 is 3.00 bits per heavy atom. The van der Waals surface area contributed by atoms with Crippen LogP contribution in [0.15, 0.2) is 10.7 Å². The molecule has 1 unspecified atom stereocenters. The topological polar surface area (TPSA) is 38.1 Å². The van der Waals surface area contributed by atoms with E-state index >= 15 is 0 Å². The summed E-state index contributed by atoms with van der Waals surface area (Å²) in [7, 11) is 0. The van der Waals surface area contributed by atoms with E-state index in [9.17, 15) is 0 Å². The van der Waals surface area contributed by atoms with Gasteiger partial charge in [0, 0.05) is 18.4 Å². The van der Waals surface area contributed by atoms with Crippen LogP contribution in [0.4, 0.5) is 0 Å². The molecule has 1 aromatic rings. The summed E-state index contributed by atoms with van der Waals surface area (Å²) in [5, 5.41) is 3.54. The zero-order chi connectivity index (χ0) is 10.1. The van der Waals surface area contributed by atoms with E-state index in [0.29, 0.717) is 12.0 Å². The van der Waals surface area contributed by atoms with Crippen LogP contribution in [-0.4, -0.2) is 17.6 Å². The highest BCUT2D eigenvalue weighted by atomic mass is 16.3. The second kappa shape index (κ2) is 3.97. The van der Waals surface area contributed by atoms with Crippen LogP contribution in [0.25, 0.3) is 0 Å². The fourth-order valence-corrected chi connectivity index (χ4v) is 2.28. The number of hydrogen-bond donors (Lipinski definition) is 1. The molecule has 1 aromatic heterocycles. The van der Waals surface area contributed by atoms with E-state index in [0.717, 1.165) is 24.6 Å². The van der Waals surface area contributed by atoms with Gasteiger partial charge < -0.3 is 9.73 Å². The lowest BCUT2D eigenvalue weighted by molar-refractivity contribution is 0.396. The molecule has 3 heteroatoms. The van der Waals surface area contributed by atoms with Crippen LogP contribution in [0.3, 0.4) is 0 Å². The zero-order valence-electron chi connectivity index (χ0n) is 9.04. The number of piperidine rings is 1. The van der Waals surface area contributed by atoms with Gasteiger partial charge in [-0.1, -0.05) is 6.42 Å². The van der Waals surface area contributed by atoms with Crippen molar-refractivity contribution in [1.82, 2.24) is 10.3 Å². The standard InChI is InChI=1S/C12H18N2O/c1-2-6-13-10(3-1)7-11-8-15-12(14-11)9-4-5-9/h8-10,13H,1-7H2. The average Bonchev–Trinajstić information content (AvgIpc) is 3.02. The van der Waals surface area contributed by atoms with Crippen molar-refractivity contribution in [2.45, 2.75) is 50.5 Å². The lowest BCUT2D eigenvalue weighted by Crippen LogP contribution is -2.35. The van der Waals surface area contributed by atoms with Gasteiger partial charge >= 0.3 is 0 Å². The Morgan fingerprint density at radius 1 is 1.33 bits per heavy atom. The Labute approximate surface area is 90.3 Å². The minimum Gasteiger partial charge on any atom is -0.448 e. The summed E-state index contributed by atoms with van der Waals surface area (Å²) < 4.78 is 5.49. The van der Waals surface area contributed by atoms with Gasteiger partial charge in [-0.15, -0.1) is 0 Å². The summed E-state index contributed by atoms with van der Waals surface area (Å²) in [4.78, 5) is 4.56. The van der Waals surface area contributed by atoms with Crippen LogP contribution in [-0.2, 0) is 6.42 Å². The molecule has 1 aliphatic heterocycles. The highest BCUT2D eigenvalue weighted by Gasteiger charge is 2.28. The summed E-state index contributed by atoms with van der Waals surface area (Å²) in [6.45, 7) is 1.16. The Hall–Kier alpha value is -0.830. The predicted molar refractivity (Wildman–Crippen MR) is 57.8 cm³/mol. The first-order valence-corrected chi connectivity index (χ1v) is 6.09. The van der Waals surface area contributed by atoms with Crippen molar-refractivity contribution < 1.29 is 4.42 Å². The molecule has 0 amide bonds. The smallest absolute Gasteiger partial charge is 0.197 e. The molecule has 1 aliphatic carbocycles. The number of nitrogens with zero attached hydrogens (tertiary/aromatic N) is 1. The van der Waals surface area contributed by atoms with Gasteiger partial charge in [-0.05, 0) is 32.2 Å². The third-order valence-corrected chi connectivity index (χ3v) is 3.36. The molecule has 2 heterocycles. The molecule has 0 spiro atoms. The average molecular weight is 206 g/mol. The molecule has 1 atom stereocenters. The van der Waals surface area contributed by atoms with E-state index in [2.05, 4.69) is 10.3 Å². The van der Waals surface area contributed by atoms with Gasteiger partial charge in [-0.25, -0.2) is 4.98 Å². The number of nitrogens with one attached hydrogen (secondary N) is 1. The molecule has 2 fully saturated rings. The molecule has 3 nitrogen and oxygen atoms in total. The molecule has 1 saturated carbocycles. The van der Waals surface area contributed by atoms with Crippen molar-refractivity contribution in [3.63, 3.8) is 0 Å². The normalized spacial score (nSPS) is 26.8. The highest BCUT2D eigenvalue weighted by Crippen LogP contribution is 2.39. The van der Waals surface area contributed by atoms with Crippen molar-refractivity contribution in [2.75, 3.05) is 6.54 Å². The number of oxazole rings is 1. The van der Waals surface area contributed by atoms with Crippen molar-refractivity contribution in [3.05, 3.63) is 17.8 Å². The van der Waals surface area contributed by atoms with E-state index in [1.165, 1.54) is 32.1 Å². The lowest BCUT2D eigenvalue weighted by atomic mass is 10.0. The molecule has 3 rings (SSSR count). The highest BCUT2D eigenvalue weighted by molar-refractivity contribution is 5.07. The van der Waals surface area contributed by atoms with Gasteiger partial charge in [-0.3, -0.25) is 0 Å². The van der Waals surface area contributed by atoms with Gasteiger partial charge in [-0.2, -0.15) is 0 Å². The number of aromatic nitrogens is 1. The lowest BCUT2D eigenvalue weighted by Gasteiger charge is -2.22. The monoisotopic (exact) mass is 206 g/mol. The zero-order valence-corrected chi connectivity index (χ0v) is 9.04. The van der Waals surface area contributed by atoms with Crippen LogP contribution in [0.2, 0.25) is 0 Å². The number of hydrogen-bond acceptors (Lipinski definition) is 3. The fraction of sp³-hybridized carbons (Fsp3) is 0.750. The molecular weight excluding hydrogens is 188 g/mol. The van der Waals surface area contributed by atoms with Crippen molar-refractivity contribution >= 4 is 0 Å². The summed E-state index contributed by atoms with van der Waals surface area (Å²) in [5.74, 6) is 1.61. The minimum absolute atomic E-state index is 0.621. The maximum atomic E-state index is 5.49. The van der Waals surface area contributed by atoms with Crippen LogP contribution in [0.5, 0.6) is 0 Å². The second-order valence-electron chi connectivity index (χ2n) is 4.80. The molecule has 1 saturated heterocycles. The first-order valence-electron chi connectivity index (χ1n) is 6.09. The van der Waals surface area contributed by atoms with Crippen LogP contribution in [0, 0.1) is 0 Å². The van der Waals surface area contributed by atoms with E-state index in [1.807, 2.05) is 6.26 Å². The van der Waals surface area contributed by atoms with Crippen molar-refractivity contribution in [3.8, 4) is 0 Å². The molecule has 1 N–H and O–H groups in total. The van der Waals surface area contributed by atoms with Gasteiger partial charge in [0.2, 0.25) is 0 Å². The van der Waals surface area contributed by atoms with E-state index < -0.39 is 0 Å². The molecule has 15 heavy (non-hydrogen) atoms. The fourth-order valence-electron chi connectivity index (χ4n) is 2.28. The molecule has 0 radical (unpaired) electrons. The molecule has 0 aromatic carbocycles. The molecule has 0 bridgehead atoms. The minimum atomic E-state index is 0.621. The first kappa shape index (κ1) is 9.40. The Balaban J connectivity index is 1.60. The van der Waals surface area contributed by atoms with Gasteiger partial charge in [0.05, 0.1) is 5.69 Å². The summed E-state index contributed by atoms with van der Waals surface area (Å²) >= 11 is 0. The van der Waals surface area contributed by atoms with Crippen LogP contribution in [0.1, 0.15) is 49.6 Å². The quantitative estimate of drug-likeness (QED) is 0.824. The molecule has 82 valence electrons. The Kier molecular flexibility index (Phi) is 2.49. The SMILES string of the molecule is c1oc(C2CC2)nc1CC1CCCCN1. The van der Waals surface area contributed by atoms with Crippen molar-refractivity contribution in [1.29, 1.82) is 0 Å². The van der Waals surface area contributed by atoms with Gasteiger partial charge in [0.15, 0.2) is 5.89 Å². The van der Waals surface area contributed by atoms with E-state index in [-0.39, 0.29) is 0 Å². The maximum Gasteiger partial charge on any atom is 0.197 e. The van der Waals surface area contributed by atoms with Crippen molar-refractivity contribution in [2.24, 2.45) is 0 Å². The van der Waals surface area contributed by atoms with Gasteiger partial charge in [0.25, 0.3) is 0 Å². The third-order valence-electron chi connectivity index (χ3n) is 3.36. The maximum absolute atomic E-state index is 5.49. The Morgan fingerprint density at radius 2 is 2.27 bits per heavy atom. The van der Waals surface area contributed by atoms with Gasteiger partial charge in [0.1, 0.15) is 6.26 Å². The van der Waals surface area contributed by atoms with Crippen LogP contribution < -0.4 is 5.32 Å².